The molecule has 1 unspecified atom stereocenters. The lowest BCUT2D eigenvalue weighted by molar-refractivity contribution is -0.140. The normalized spacial score (nSPS) is 25.9. The molecule has 0 saturated carbocycles. The van der Waals surface area contributed by atoms with E-state index < -0.39 is 5.41 Å². The Labute approximate surface area is 104 Å². The molecule has 17 heavy (non-hydrogen) atoms. The molecule has 1 aliphatic rings. The third kappa shape index (κ3) is 2.76. The molecule has 0 bridgehead atoms. The topological polar surface area (TPSA) is 46.2 Å². The quantitative estimate of drug-likeness (QED) is 0.590. The smallest absolute Gasteiger partial charge is 0.236 e. The summed E-state index contributed by atoms with van der Waals surface area (Å²) in [6.45, 7) is 6.25. The first-order valence-electron chi connectivity index (χ1n) is 6.64. The molecule has 1 heterocycles. The van der Waals surface area contributed by atoms with Gasteiger partial charge in [0, 0.05) is 6.42 Å². The van der Waals surface area contributed by atoms with Crippen LogP contribution in [0.25, 0.3) is 0 Å². The van der Waals surface area contributed by atoms with Crippen molar-refractivity contribution in [2.75, 3.05) is 0 Å². The summed E-state index contributed by atoms with van der Waals surface area (Å²) in [4.78, 5) is 23.4. The lowest BCUT2D eigenvalue weighted by Crippen LogP contribution is -2.49. The summed E-state index contributed by atoms with van der Waals surface area (Å²) in [5.41, 5.74) is 0.787. The summed E-state index contributed by atoms with van der Waals surface area (Å²) in [5, 5.41) is 2.50. The molecule has 2 amide bonds. The van der Waals surface area contributed by atoms with Crippen LogP contribution in [0.4, 0.5) is 0 Å². The number of carbonyl (C=O) groups excluding carboxylic acids is 2. The third-order valence-electron chi connectivity index (χ3n) is 3.65. The van der Waals surface area contributed by atoms with Gasteiger partial charge in [0.25, 0.3) is 0 Å². The lowest BCUT2D eigenvalue weighted by Gasteiger charge is -2.37. The van der Waals surface area contributed by atoms with E-state index in [1.807, 2.05) is 6.92 Å². The highest BCUT2D eigenvalue weighted by molar-refractivity contribution is 6.02. The van der Waals surface area contributed by atoms with Gasteiger partial charge in [0.1, 0.15) is 0 Å². The SMILES string of the molecule is CC/C=C(\CCC)C1(CC)CCC(=O)NC1=O. The molecular formula is C14H23NO2. The summed E-state index contributed by atoms with van der Waals surface area (Å²) in [7, 11) is 0. The van der Waals surface area contributed by atoms with Crippen LogP contribution in [0.15, 0.2) is 11.6 Å². The standard InChI is InChI=1S/C14H23NO2/c1-4-7-11(8-5-2)14(6-3)10-9-12(16)15-13(14)17/h7H,4-6,8-10H2,1-3H3,(H,15,16,17)/b11-7+. The van der Waals surface area contributed by atoms with Crippen molar-refractivity contribution in [3.8, 4) is 0 Å². The van der Waals surface area contributed by atoms with Gasteiger partial charge < -0.3 is 0 Å². The average Bonchev–Trinajstić information content (AvgIpc) is 2.30. The minimum atomic E-state index is -0.431. The van der Waals surface area contributed by atoms with Gasteiger partial charge in [-0.15, -0.1) is 0 Å². The molecule has 3 nitrogen and oxygen atoms in total. The van der Waals surface area contributed by atoms with Crippen LogP contribution in [0.2, 0.25) is 0 Å². The van der Waals surface area contributed by atoms with Gasteiger partial charge in [-0.2, -0.15) is 0 Å². The highest BCUT2D eigenvalue weighted by Gasteiger charge is 2.43. The van der Waals surface area contributed by atoms with Gasteiger partial charge in [-0.3, -0.25) is 14.9 Å². The van der Waals surface area contributed by atoms with Crippen LogP contribution in [0.5, 0.6) is 0 Å². The van der Waals surface area contributed by atoms with Gasteiger partial charge in [0.2, 0.25) is 11.8 Å². The first kappa shape index (κ1) is 13.9. The molecule has 0 spiro atoms. The van der Waals surface area contributed by atoms with Gasteiger partial charge in [-0.25, -0.2) is 0 Å². The van der Waals surface area contributed by atoms with E-state index in [4.69, 9.17) is 0 Å². The van der Waals surface area contributed by atoms with E-state index in [0.717, 1.165) is 25.7 Å². The van der Waals surface area contributed by atoms with E-state index in [1.165, 1.54) is 5.57 Å². The first-order valence-corrected chi connectivity index (χ1v) is 6.64. The second-order valence-corrected chi connectivity index (χ2v) is 4.70. The number of allylic oxidation sites excluding steroid dienone is 1. The van der Waals surface area contributed by atoms with Crippen LogP contribution in [0.3, 0.4) is 0 Å². The zero-order valence-corrected chi connectivity index (χ0v) is 11.1. The molecular weight excluding hydrogens is 214 g/mol. The maximum atomic E-state index is 12.2. The van der Waals surface area contributed by atoms with Gasteiger partial charge in [-0.05, 0) is 25.7 Å². The van der Waals surface area contributed by atoms with Crippen molar-refractivity contribution in [3.63, 3.8) is 0 Å². The van der Waals surface area contributed by atoms with Crippen LogP contribution in [0.1, 0.15) is 59.3 Å². The molecule has 1 N–H and O–H groups in total. The van der Waals surface area contributed by atoms with E-state index in [0.29, 0.717) is 12.8 Å². The van der Waals surface area contributed by atoms with E-state index >= 15 is 0 Å². The number of hydrogen-bond donors (Lipinski definition) is 1. The Morgan fingerprint density at radius 1 is 1.35 bits per heavy atom. The van der Waals surface area contributed by atoms with Crippen LogP contribution in [-0.2, 0) is 9.59 Å². The number of rotatable bonds is 5. The number of nitrogens with one attached hydrogen (secondary N) is 1. The molecule has 0 aromatic rings. The maximum absolute atomic E-state index is 12.2. The fourth-order valence-electron chi connectivity index (χ4n) is 2.67. The summed E-state index contributed by atoms with van der Waals surface area (Å²) in [6, 6.07) is 0. The van der Waals surface area contributed by atoms with Gasteiger partial charge in [0.05, 0.1) is 5.41 Å². The number of piperidine rings is 1. The predicted molar refractivity (Wildman–Crippen MR) is 68.4 cm³/mol. The van der Waals surface area contributed by atoms with Crippen molar-refractivity contribution in [3.05, 3.63) is 11.6 Å². The Bertz CT molecular complexity index is 333. The largest absolute Gasteiger partial charge is 0.296 e. The molecule has 96 valence electrons. The highest BCUT2D eigenvalue weighted by Crippen LogP contribution is 2.41. The molecule has 1 fully saturated rings. The summed E-state index contributed by atoms with van der Waals surface area (Å²) < 4.78 is 0. The molecule has 3 heteroatoms. The Hall–Kier alpha value is -1.12. The summed E-state index contributed by atoms with van der Waals surface area (Å²) in [5.74, 6) is -0.226. The lowest BCUT2D eigenvalue weighted by atomic mass is 9.70. The van der Waals surface area contributed by atoms with Crippen molar-refractivity contribution < 1.29 is 9.59 Å². The zero-order chi connectivity index (χ0) is 12.9. The van der Waals surface area contributed by atoms with E-state index in [9.17, 15) is 9.59 Å². The first-order chi connectivity index (χ1) is 8.10. The molecule has 1 rings (SSSR count). The predicted octanol–water partition coefficient (Wildman–Crippen LogP) is 2.96. The van der Waals surface area contributed by atoms with Gasteiger partial charge in [-0.1, -0.05) is 38.8 Å². The Morgan fingerprint density at radius 2 is 2.06 bits per heavy atom. The van der Waals surface area contributed by atoms with Crippen molar-refractivity contribution in [1.29, 1.82) is 0 Å². The fraction of sp³-hybridized carbons (Fsp3) is 0.714. The van der Waals surface area contributed by atoms with Crippen LogP contribution in [0, 0.1) is 5.41 Å². The molecule has 1 saturated heterocycles. The Morgan fingerprint density at radius 3 is 2.53 bits per heavy atom. The molecule has 0 radical (unpaired) electrons. The number of carbonyl (C=O) groups is 2. The Kier molecular flexibility index (Phi) is 4.91. The average molecular weight is 237 g/mol. The van der Waals surface area contributed by atoms with Crippen molar-refractivity contribution in [1.82, 2.24) is 5.32 Å². The highest BCUT2D eigenvalue weighted by atomic mass is 16.2. The van der Waals surface area contributed by atoms with Gasteiger partial charge in [0.15, 0.2) is 0 Å². The van der Waals surface area contributed by atoms with Crippen molar-refractivity contribution >= 4 is 11.8 Å². The molecule has 0 aliphatic carbocycles. The third-order valence-corrected chi connectivity index (χ3v) is 3.65. The van der Waals surface area contributed by atoms with Crippen LogP contribution < -0.4 is 5.32 Å². The monoisotopic (exact) mass is 237 g/mol. The maximum Gasteiger partial charge on any atom is 0.236 e. The summed E-state index contributed by atoms with van der Waals surface area (Å²) >= 11 is 0. The number of imide groups is 1. The zero-order valence-electron chi connectivity index (χ0n) is 11.1. The van der Waals surface area contributed by atoms with E-state index in [2.05, 4.69) is 25.2 Å². The number of hydrogen-bond acceptors (Lipinski definition) is 2. The molecule has 0 aromatic heterocycles. The van der Waals surface area contributed by atoms with Crippen molar-refractivity contribution in [2.45, 2.75) is 59.3 Å². The Balaban J connectivity index is 3.04. The van der Waals surface area contributed by atoms with E-state index in [-0.39, 0.29) is 11.8 Å². The second kappa shape index (κ2) is 5.99. The molecule has 1 aliphatic heterocycles. The minimum Gasteiger partial charge on any atom is -0.296 e. The van der Waals surface area contributed by atoms with Gasteiger partial charge >= 0.3 is 0 Å². The van der Waals surface area contributed by atoms with E-state index in [1.54, 1.807) is 0 Å². The van der Waals surface area contributed by atoms with Crippen LogP contribution in [-0.4, -0.2) is 11.8 Å². The molecule has 1 atom stereocenters. The molecule has 0 aromatic carbocycles. The fourth-order valence-corrected chi connectivity index (χ4v) is 2.67. The number of amides is 2. The summed E-state index contributed by atoms with van der Waals surface area (Å²) in [6.07, 6.45) is 7.00. The minimum absolute atomic E-state index is 0.0931. The van der Waals surface area contributed by atoms with Crippen molar-refractivity contribution in [2.24, 2.45) is 5.41 Å². The second-order valence-electron chi connectivity index (χ2n) is 4.70. The van der Waals surface area contributed by atoms with Crippen LogP contribution >= 0.6 is 0 Å².